The van der Waals surface area contributed by atoms with Gasteiger partial charge in [-0.15, -0.1) is 10.2 Å². The molecule has 0 fully saturated rings. The van der Waals surface area contributed by atoms with Crippen molar-refractivity contribution >= 4 is 29.2 Å². The highest BCUT2D eigenvalue weighted by molar-refractivity contribution is 6.02. The van der Waals surface area contributed by atoms with Gasteiger partial charge in [0.25, 0.3) is 0 Å². The predicted octanol–water partition coefficient (Wildman–Crippen LogP) is 4.07. The number of anilines is 3. The van der Waals surface area contributed by atoms with Gasteiger partial charge in [0.2, 0.25) is 5.91 Å². The quantitative estimate of drug-likeness (QED) is 0.445. The van der Waals surface area contributed by atoms with Gasteiger partial charge in [0.05, 0.1) is 7.11 Å². The van der Waals surface area contributed by atoms with E-state index in [0.717, 1.165) is 17.0 Å². The Morgan fingerprint density at radius 3 is 2.39 bits per heavy atom. The van der Waals surface area contributed by atoms with E-state index in [2.05, 4.69) is 25.9 Å². The molecule has 4 rings (SSSR count). The number of nitrogens with one attached hydrogen (secondary N) is 2. The SMILES string of the molecule is COc1ccc(/C=C/C(=O)Nc2ccc(Nc3ccc(-n4cccn4)nn3)cc2)cc1. The fourth-order valence-electron chi connectivity index (χ4n) is 2.77. The van der Waals surface area contributed by atoms with E-state index in [0.29, 0.717) is 17.3 Å². The van der Waals surface area contributed by atoms with Crippen LogP contribution in [0.15, 0.2) is 85.2 Å². The van der Waals surface area contributed by atoms with Gasteiger partial charge in [-0.25, -0.2) is 4.68 Å². The molecule has 2 aromatic heterocycles. The number of aromatic nitrogens is 4. The molecular weight excluding hydrogens is 392 g/mol. The van der Waals surface area contributed by atoms with Gasteiger partial charge in [-0.2, -0.15) is 5.10 Å². The maximum absolute atomic E-state index is 12.2. The first-order chi connectivity index (χ1) is 15.2. The molecule has 8 heteroatoms. The van der Waals surface area contributed by atoms with E-state index >= 15 is 0 Å². The van der Waals surface area contributed by atoms with Crippen molar-refractivity contribution in [3.05, 3.63) is 90.8 Å². The summed E-state index contributed by atoms with van der Waals surface area (Å²) in [5.41, 5.74) is 2.43. The minimum atomic E-state index is -0.211. The topological polar surface area (TPSA) is 94.0 Å². The molecule has 154 valence electrons. The number of amides is 1. The van der Waals surface area contributed by atoms with Gasteiger partial charge >= 0.3 is 0 Å². The lowest BCUT2D eigenvalue weighted by atomic mass is 10.2. The summed E-state index contributed by atoms with van der Waals surface area (Å²) in [5.74, 6) is 1.80. The van der Waals surface area contributed by atoms with Gasteiger partial charge in [-0.05, 0) is 66.2 Å². The molecule has 0 saturated heterocycles. The summed E-state index contributed by atoms with van der Waals surface area (Å²) in [5, 5.41) is 18.4. The first-order valence-corrected chi connectivity index (χ1v) is 9.53. The van der Waals surface area contributed by atoms with E-state index in [1.54, 1.807) is 30.3 Å². The normalized spacial score (nSPS) is 10.7. The van der Waals surface area contributed by atoms with Crippen molar-refractivity contribution in [1.29, 1.82) is 0 Å². The molecule has 0 saturated carbocycles. The summed E-state index contributed by atoms with van der Waals surface area (Å²) < 4.78 is 6.76. The molecule has 0 spiro atoms. The van der Waals surface area contributed by atoms with Crippen molar-refractivity contribution in [3.8, 4) is 11.6 Å². The van der Waals surface area contributed by atoms with Gasteiger partial charge in [-0.1, -0.05) is 12.1 Å². The smallest absolute Gasteiger partial charge is 0.248 e. The molecule has 0 radical (unpaired) electrons. The lowest BCUT2D eigenvalue weighted by Crippen LogP contribution is -2.07. The number of benzene rings is 2. The summed E-state index contributed by atoms with van der Waals surface area (Å²) >= 11 is 0. The Morgan fingerprint density at radius 2 is 1.74 bits per heavy atom. The average molecular weight is 412 g/mol. The van der Waals surface area contributed by atoms with E-state index in [1.807, 2.05) is 66.7 Å². The van der Waals surface area contributed by atoms with Gasteiger partial charge in [-0.3, -0.25) is 4.79 Å². The van der Waals surface area contributed by atoms with E-state index in [9.17, 15) is 4.79 Å². The van der Waals surface area contributed by atoms with Crippen molar-refractivity contribution < 1.29 is 9.53 Å². The maximum atomic E-state index is 12.2. The maximum Gasteiger partial charge on any atom is 0.248 e. The number of ether oxygens (including phenoxy) is 1. The Morgan fingerprint density at radius 1 is 0.968 bits per heavy atom. The van der Waals surface area contributed by atoms with Crippen molar-refractivity contribution in [1.82, 2.24) is 20.0 Å². The van der Waals surface area contributed by atoms with Crippen molar-refractivity contribution in [2.75, 3.05) is 17.7 Å². The fraction of sp³-hybridized carbons (Fsp3) is 0.0435. The monoisotopic (exact) mass is 412 g/mol. The highest BCUT2D eigenvalue weighted by Gasteiger charge is 2.02. The second-order valence-corrected chi connectivity index (χ2v) is 6.53. The van der Waals surface area contributed by atoms with Crippen LogP contribution in [0.4, 0.5) is 17.2 Å². The first kappa shape index (κ1) is 19.8. The molecular formula is C23H20N6O2. The summed E-state index contributed by atoms with van der Waals surface area (Å²) in [6.45, 7) is 0. The molecule has 0 unspecified atom stereocenters. The van der Waals surface area contributed by atoms with E-state index in [-0.39, 0.29) is 5.91 Å². The lowest BCUT2D eigenvalue weighted by molar-refractivity contribution is -0.111. The number of hydrogen-bond acceptors (Lipinski definition) is 6. The third-order valence-corrected chi connectivity index (χ3v) is 4.36. The highest BCUT2D eigenvalue weighted by Crippen LogP contribution is 2.18. The third-order valence-electron chi connectivity index (χ3n) is 4.36. The van der Waals surface area contributed by atoms with Crippen molar-refractivity contribution in [2.24, 2.45) is 0 Å². The van der Waals surface area contributed by atoms with Crippen LogP contribution in [-0.4, -0.2) is 33.0 Å². The zero-order valence-electron chi connectivity index (χ0n) is 16.8. The predicted molar refractivity (Wildman–Crippen MR) is 120 cm³/mol. The van der Waals surface area contributed by atoms with Gasteiger partial charge in [0.15, 0.2) is 11.6 Å². The Bertz CT molecular complexity index is 1150. The molecule has 0 aliphatic carbocycles. The Labute approximate surface area is 179 Å². The van der Waals surface area contributed by atoms with Gasteiger partial charge in [0.1, 0.15) is 5.75 Å². The Balaban J connectivity index is 1.32. The van der Waals surface area contributed by atoms with Crippen LogP contribution in [0, 0.1) is 0 Å². The number of carbonyl (C=O) groups excluding carboxylic acids is 1. The fourth-order valence-corrected chi connectivity index (χ4v) is 2.77. The third kappa shape index (κ3) is 5.33. The molecule has 2 N–H and O–H groups in total. The standard InChI is InChI=1S/C23H20N6O2/c1-31-20-10-3-17(4-11-20)5-14-23(30)26-19-8-6-18(7-9-19)25-21-12-13-22(28-27-21)29-16-2-15-24-29/h2-16H,1H3,(H,25,27)(H,26,30)/b14-5+. The van der Waals surface area contributed by atoms with Crippen LogP contribution in [-0.2, 0) is 4.79 Å². The number of nitrogens with zero attached hydrogens (tertiary/aromatic N) is 4. The zero-order valence-corrected chi connectivity index (χ0v) is 16.8. The number of hydrogen-bond donors (Lipinski definition) is 2. The van der Waals surface area contributed by atoms with Crippen molar-refractivity contribution in [3.63, 3.8) is 0 Å². The van der Waals surface area contributed by atoms with Crippen molar-refractivity contribution in [2.45, 2.75) is 0 Å². The summed E-state index contributed by atoms with van der Waals surface area (Å²) in [7, 11) is 1.62. The van der Waals surface area contributed by atoms with Gasteiger partial charge in [0, 0.05) is 29.8 Å². The summed E-state index contributed by atoms with van der Waals surface area (Å²) in [4.78, 5) is 12.2. The molecule has 4 aromatic rings. The Hall–Kier alpha value is -4.46. The van der Waals surface area contributed by atoms with Gasteiger partial charge < -0.3 is 15.4 Å². The number of rotatable bonds is 7. The summed E-state index contributed by atoms with van der Waals surface area (Å²) in [6, 6.07) is 20.3. The van der Waals surface area contributed by atoms with Crippen LogP contribution in [0.25, 0.3) is 11.9 Å². The van der Waals surface area contributed by atoms with Crippen LogP contribution in [0.2, 0.25) is 0 Å². The number of carbonyl (C=O) groups is 1. The molecule has 0 aliphatic heterocycles. The molecule has 1 amide bonds. The van der Waals surface area contributed by atoms with Crippen LogP contribution < -0.4 is 15.4 Å². The minimum absolute atomic E-state index is 0.211. The second-order valence-electron chi connectivity index (χ2n) is 6.53. The largest absolute Gasteiger partial charge is 0.497 e. The molecule has 0 atom stereocenters. The van der Waals surface area contributed by atoms with E-state index in [4.69, 9.17) is 4.74 Å². The molecule has 2 aromatic carbocycles. The summed E-state index contributed by atoms with van der Waals surface area (Å²) in [6.07, 6.45) is 6.72. The molecule has 2 heterocycles. The van der Waals surface area contributed by atoms with Crippen LogP contribution in [0.3, 0.4) is 0 Å². The van der Waals surface area contributed by atoms with Crippen LogP contribution in [0.5, 0.6) is 5.75 Å². The molecule has 8 nitrogen and oxygen atoms in total. The first-order valence-electron chi connectivity index (χ1n) is 9.53. The minimum Gasteiger partial charge on any atom is -0.497 e. The second kappa shape index (κ2) is 9.36. The highest BCUT2D eigenvalue weighted by atomic mass is 16.5. The Kier molecular flexibility index (Phi) is 5.99. The average Bonchev–Trinajstić information content (AvgIpc) is 3.35. The van der Waals surface area contributed by atoms with Crippen LogP contribution >= 0.6 is 0 Å². The molecule has 0 aliphatic rings. The van der Waals surface area contributed by atoms with E-state index < -0.39 is 0 Å². The zero-order chi connectivity index (χ0) is 21.5. The molecule has 0 bridgehead atoms. The molecule has 31 heavy (non-hydrogen) atoms. The van der Waals surface area contributed by atoms with E-state index in [1.165, 1.54) is 6.08 Å². The lowest BCUT2D eigenvalue weighted by Gasteiger charge is -2.07. The number of methoxy groups -OCH3 is 1. The van der Waals surface area contributed by atoms with Crippen LogP contribution in [0.1, 0.15) is 5.56 Å².